The second-order valence-electron chi connectivity index (χ2n) is 3.02. The summed E-state index contributed by atoms with van der Waals surface area (Å²) in [6, 6.07) is 0. The average molecular weight is 205 g/mol. The third-order valence-corrected chi connectivity index (χ3v) is 1.88. The van der Waals surface area contributed by atoms with Gasteiger partial charge in [-0.3, -0.25) is 0 Å². The summed E-state index contributed by atoms with van der Waals surface area (Å²) in [6.45, 7) is 9.01. The summed E-state index contributed by atoms with van der Waals surface area (Å²) >= 11 is 0. The molecule has 0 radical (unpaired) electrons. The van der Waals surface area contributed by atoms with E-state index in [1.807, 2.05) is 6.92 Å². The zero-order chi connectivity index (χ0) is 9.94. The van der Waals surface area contributed by atoms with E-state index in [0.717, 1.165) is 37.9 Å². The van der Waals surface area contributed by atoms with Crippen molar-refractivity contribution in [3.05, 3.63) is 12.2 Å². The van der Waals surface area contributed by atoms with E-state index in [0.29, 0.717) is 6.61 Å². The zero-order valence-corrected chi connectivity index (χ0v) is 9.31. The van der Waals surface area contributed by atoms with Crippen molar-refractivity contribution in [1.82, 2.24) is 5.32 Å². The van der Waals surface area contributed by atoms with Crippen molar-refractivity contribution in [1.29, 1.82) is 0 Å². The Morgan fingerprint density at radius 1 is 1.54 bits per heavy atom. The number of hydrogen-bond acceptors (Lipinski definition) is 3. The highest BCUT2D eigenvalue weighted by Crippen LogP contribution is 1.96. The molecule has 0 heterocycles. The maximum Gasteiger partial charge on any atom is 0.0671 e. The molecule has 0 aromatic heterocycles. The molecule has 0 fully saturated rings. The normalized spacial score (nSPS) is 11.2. The summed E-state index contributed by atoms with van der Waals surface area (Å²) in [7, 11) is 0.0612. The molecule has 78 valence electrons. The third kappa shape index (κ3) is 12.1. The predicted octanol–water partition coefficient (Wildman–Crippen LogP) is 1.14. The second kappa shape index (κ2) is 10.1. The van der Waals surface area contributed by atoms with Gasteiger partial charge in [0.25, 0.3) is 0 Å². The highest BCUT2D eigenvalue weighted by atomic mass is 31.1. The Kier molecular flexibility index (Phi) is 10.2. The first-order valence-corrected chi connectivity index (χ1v) is 5.72. The van der Waals surface area contributed by atoms with Gasteiger partial charge < -0.3 is 14.9 Å². The molecule has 0 spiro atoms. The summed E-state index contributed by atoms with van der Waals surface area (Å²) in [5.74, 6) is 0. The van der Waals surface area contributed by atoms with Crippen LogP contribution in [-0.4, -0.2) is 37.4 Å². The summed E-state index contributed by atoms with van der Waals surface area (Å²) in [5.41, 5.74) is 1.06. The molecule has 2 N–H and O–H groups in total. The van der Waals surface area contributed by atoms with E-state index in [1.165, 1.54) is 0 Å². The highest BCUT2D eigenvalue weighted by molar-refractivity contribution is 7.31. The maximum absolute atomic E-state index is 8.52. The third-order valence-electron chi connectivity index (χ3n) is 1.40. The first-order valence-electron chi connectivity index (χ1n) is 4.57. The summed E-state index contributed by atoms with van der Waals surface area (Å²) in [4.78, 5) is 8.52. The van der Waals surface area contributed by atoms with Crippen LogP contribution in [0.3, 0.4) is 0 Å². The lowest BCUT2D eigenvalue weighted by Gasteiger charge is -2.04. The molecule has 0 aliphatic carbocycles. The average Bonchev–Trinajstić information content (AvgIpc) is 2.09. The molecule has 0 aromatic rings. The Bertz CT molecular complexity index is 131. The molecule has 0 amide bonds. The molecule has 3 nitrogen and oxygen atoms in total. The molecule has 0 rings (SSSR count). The van der Waals surface area contributed by atoms with Gasteiger partial charge in [-0.05, 0) is 19.9 Å². The Morgan fingerprint density at radius 2 is 2.31 bits per heavy atom. The Balaban J connectivity index is 2.87. The van der Waals surface area contributed by atoms with E-state index in [9.17, 15) is 0 Å². The SMILES string of the molecule is C=C(C)COCCCNCCPO. The minimum atomic E-state index is 0.0612. The molecule has 0 aliphatic heterocycles. The van der Waals surface area contributed by atoms with Crippen molar-refractivity contribution in [2.24, 2.45) is 0 Å². The fourth-order valence-electron chi connectivity index (χ4n) is 0.815. The molecule has 4 heteroatoms. The van der Waals surface area contributed by atoms with Crippen molar-refractivity contribution in [2.45, 2.75) is 13.3 Å². The molecule has 1 unspecified atom stereocenters. The Labute approximate surface area is 82.4 Å². The summed E-state index contributed by atoms with van der Waals surface area (Å²) in [6.07, 6.45) is 1.87. The van der Waals surface area contributed by atoms with Gasteiger partial charge in [0.15, 0.2) is 0 Å². The lowest BCUT2D eigenvalue weighted by molar-refractivity contribution is 0.153. The van der Waals surface area contributed by atoms with Crippen LogP contribution in [0, 0.1) is 0 Å². The van der Waals surface area contributed by atoms with Gasteiger partial charge >= 0.3 is 0 Å². The lowest BCUT2D eigenvalue weighted by atomic mass is 10.4. The van der Waals surface area contributed by atoms with Gasteiger partial charge in [0.2, 0.25) is 0 Å². The molecular weight excluding hydrogens is 185 g/mol. The van der Waals surface area contributed by atoms with Crippen LogP contribution < -0.4 is 5.32 Å². The fourth-order valence-corrected chi connectivity index (χ4v) is 1.10. The predicted molar refractivity (Wildman–Crippen MR) is 58.5 cm³/mol. The van der Waals surface area contributed by atoms with Gasteiger partial charge in [0.05, 0.1) is 6.61 Å². The van der Waals surface area contributed by atoms with E-state index in [2.05, 4.69) is 11.9 Å². The van der Waals surface area contributed by atoms with Crippen LogP contribution in [0.5, 0.6) is 0 Å². The van der Waals surface area contributed by atoms with Crippen molar-refractivity contribution >= 4 is 8.81 Å². The summed E-state index contributed by atoms with van der Waals surface area (Å²) in [5, 5.41) is 3.22. The van der Waals surface area contributed by atoms with Crippen LogP contribution in [0.15, 0.2) is 12.2 Å². The van der Waals surface area contributed by atoms with Crippen LogP contribution in [0.4, 0.5) is 0 Å². The first-order chi connectivity index (χ1) is 6.27. The number of rotatable bonds is 9. The van der Waals surface area contributed by atoms with Crippen LogP contribution in [0.2, 0.25) is 0 Å². The number of nitrogens with one attached hydrogen (secondary N) is 1. The molecule has 13 heavy (non-hydrogen) atoms. The minimum absolute atomic E-state index is 0.0612. The van der Waals surface area contributed by atoms with Gasteiger partial charge in [-0.25, -0.2) is 0 Å². The van der Waals surface area contributed by atoms with E-state index >= 15 is 0 Å². The highest BCUT2D eigenvalue weighted by Gasteiger charge is 1.89. The smallest absolute Gasteiger partial charge is 0.0671 e. The van der Waals surface area contributed by atoms with E-state index < -0.39 is 0 Å². The van der Waals surface area contributed by atoms with Crippen molar-refractivity contribution in [3.8, 4) is 0 Å². The van der Waals surface area contributed by atoms with Gasteiger partial charge in [-0.2, -0.15) is 0 Å². The van der Waals surface area contributed by atoms with E-state index in [1.54, 1.807) is 0 Å². The van der Waals surface area contributed by atoms with Gasteiger partial charge in [0, 0.05) is 28.1 Å². The Morgan fingerprint density at radius 3 is 2.92 bits per heavy atom. The van der Waals surface area contributed by atoms with Crippen molar-refractivity contribution in [3.63, 3.8) is 0 Å². The monoisotopic (exact) mass is 205 g/mol. The molecular formula is C9H20NO2P. The standard InChI is InChI=1S/C9H20NO2P/c1-9(2)8-12-6-3-4-10-5-7-13-11/h10-11,13H,1,3-8H2,2H3. The van der Waals surface area contributed by atoms with E-state index in [4.69, 9.17) is 9.63 Å². The second-order valence-corrected chi connectivity index (χ2v) is 3.84. The first kappa shape index (κ1) is 13.1. The molecule has 0 aliphatic rings. The zero-order valence-electron chi connectivity index (χ0n) is 8.31. The quantitative estimate of drug-likeness (QED) is 0.337. The number of hydrogen-bond donors (Lipinski definition) is 2. The van der Waals surface area contributed by atoms with Gasteiger partial charge in [-0.1, -0.05) is 12.2 Å². The number of ether oxygens (including phenoxy) is 1. The van der Waals surface area contributed by atoms with Crippen LogP contribution in [0.1, 0.15) is 13.3 Å². The van der Waals surface area contributed by atoms with Gasteiger partial charge in [0.1, 0.15) is 0 Å². The van der Waals surface area contributed by atoms with Crippen LogP contribution in [-0.2, 0) is 4.74 Å². The van der Waals surface area contributed by atoms with Crippen molar-refractivity contribution < 1.29 is 9.63 Å². The molecule has 0 saturated carbocycles. The van der Waals surface area contributed by atoms with E-state index in [-0.39, 0.29) is 8.81 Å². The van der Waals surface area contributed by atoms with Crippen LogP contribution >= 0.6 is 8.81 Å². The molecule has 0 aromatic carbocycles. The van der Waals surface area contributed by atoms with Gasteiger partial charge in [-0.15, -0.1) is 0 Å². The largest absolute Gasteiger partial charge is 0.377 e. The van der Waals surface area contributed by atoms with Crippen molar-refractivity contribution in [2.75, 3.05) is 32.5 Å². The fraction of sp³-hybridized carbons (Fsp3) is 0.778. The lowest BCUT2D eigenvalue weighted by Crippen LogP contribution is -2.19. The topological polar surface area (TPSA) is 41.5 Å². The Hall–Kier alpha value is 0.0500. The maximum atomic E-state index is 8.52. The minimum Gasteiger partial charge on any atom is -0.377 e. The van der Waals surface area contributed by atoms with Crippen LogP contribution in [0.25, 0.3) is 0 Å². The molecule has 0 bridgehead atoms. The summed E-state index contributed by atoms with van der Waals surface area (Å²) < 4.78 is 5.31. The molecule has 1 atom stereocenters. The molecule has 0 saturated heterocycles.